The Balaban J connectivity index is 1.99. The fraction of sp³-hybridized carbons (Fsp3) is 0.500. The van der Waals surface area contributed by atoms with E-state index in [1.54, 1.807) is 0 Å². The van der Waals surface area contributed by atoms with E-state index in [2.05, 4.69) is 11.9 Å². The van der Waals surface area contributed by atoms with Gasteiger partial charge in [-0.1, -0.05) is 39.0 Å². The lowest BCUT2D eigenvalue weighted by Crippen LogP contribution is -1.96. The minimum atomic E-state index is -1.11. The summed E-state index contributed by atoms with van der Waals surface area (Å²) in [6.45, 7) is 2.20. The summed E-state index contributed by atoms with van der Waals surface area (Å²) in [5.41, 5.74) is 0.278. The Labute approximate surface area is 127 Å². The van der Waals surface area contributed by atoms with Crippen LogP contribution in [-0.2, 0) is 6.42 Å². The highest BCUT2D eigenvalue weighted by molar-refractivity contribution is 7.18. The van der Waals surface area contributed by atoms with E-state index in [0.29, 0.717) is 10.2 Å². The normalized spacial score (nSPS) is 11.1. The molecule has 114 valence electrons. The van der Waals surface area contributed by atoms with Gasteiger partial charge >= 0.3 is 5.97 Å². The Morgan fingerprint density at radius 3 is 2.67 bits per heavy atom. The van der Waals surface area contributed by atoms with Crippen molar-refractivity contribution in [3.8, 4) is 0 Å². The van der Waals surface area contributed by atoms with Gasteiger partial charge in [0.1, 0.15) is 5.52 Å². The molecule has 1 aromatic carbocycles. The molecule has 0 aliphatic heterocycles. The van der Waals surface area contributed by atoms with Crippen LogP contribution in [0.2, 0.25) is 0 Å². The van der Waals surface area contributed by atoms with Crippen molar-refractivity contribution >= 4 is 27.5 Å². The first-order chi connectivity index (χ1) is 10.1. The molecule has 1 heterocycles. The number of unbranched alkanes of at least 4 members (excludes halogenated alkanes) is 5. The van der Waals surface area contributed by atoms with Gasteiger partial charge in [-0.2, -0.15) is 0 Å². The van der Waals surface area contributed by atoms with Crippen molar-refractivity contribution in [3.05, 3.63) is 28.5 Å². The van der Waals surface area contributed by atoms with Crippen LogP contribution in [0.5, 0.6) is 0 Å². The molecule has 1 aromatic heterocycles. The number of carboxylic acids is 1. The number of aromatic carboxylic acids is 1. The van der Waals surface area contributed by atoms with Crippen LogP contribution in [-0.4, -0.2) is 16.1 Å². The van der Waals surface area contributed by atoms with Gasteiger partial charge in [-0.05, 0) is 25.0 Å². The fourth-order valence-corrected chi connectivity index (χ4v) is 3.38. The molecule has 2 rings (SSSR count). The Kier molecular flexibility index (Phi) is 5.67. The molecule has 0 bridgehead atoms. The summed E-state index contributed by atoms with van der Waals surface area (Å²) in [6.07, 6.45) is 8.08. The molecule has 21 heavy (non-hydrogen) atoms. The van der Waals surface area contributed by atoms with E-state index < -0.39 is 11.8 Å². The van der Waals surface area contributed by atoms with Gasteiger partial charge in [0.2, 0.25) is 0 Å². The summed E-state index contributed by atoms with van der Waals surface area (Å²) in [5, 5.41) is 9.83. The lowest BCUT2D eigenvalue weighted by Gasteiger charge is -1.98. The second kappa shape index (κ2) is 7.50. The number of hydrogen-bond donors (Lipinski definition) is 1. The van der Waals surface area contributed by atoms with E-state index in [9.17, 15) is 9.18 Å². The number of fused-ring (bicyclic) bond motifs is 1. The molecule has 0 aliphatic carbocycles. The third-order valence-corrected chi connectivity index (χ3v) is 4.55. The van der Waals surface area contributed by atoms with E-state index in [-0.39, 0.29) is 5.56 Å². The van der Waals surface area contributed by atoms with E-state index in [1.807, 2.05) is 0 Å². The highest BCUT2D eigenvalue weighted by Gasteiger charge is 2.13. The van der Waals surface area contributed by atoms with Crippen LogP contribution in [0.4, 0.5) is 4.39 Å². The molecule has 3 nitrogen and oxygen atoms in total. The summed E-state index contributed by atoms with van der Waals surface area (Å²) in [7, 11) is 0. The van der Waals surface area contributed by atoms with Crippen LogP contribution < -0.4 is 0 Å². The average Bonchev–Trinajstić information content (AvgIpc) is 2.86. The number of nitrogens with zero attached hydrogens (tertiary/aromatic N) is 1. The largest absolute Gasteiger partial charge is 0.478 e. The minimum absolute atomic E-state index is 0.0187. The molecule has 5 heteroatoms. The van der Waals surface area contributed by atoms with Crippen molar-refractivity contribution in [1.29, 1.82) is 0 Å². The van der Waals surface area contributed by atoms with Gasteiger partial charge in [-0.25, -0.2) is 14.2 Å². The van der Waals surface area contributed by atoms with Crippen LogP contribution in [0.15, 0.2) is 12.1 Å². The first-order valence-corrected chi connectivity index (χ1v) is 8.25. The van der Waals surface area contributed by atoms with Crippen molar-refractivity contribution in [2.24, 2.45) is 0 Å². The number of benzene rings is 1. The quantitative estimate of drug-likeness (QED) is 0.695. The topological polar surface area (TPSA) is 50.2 Å². The summed E-state index contributed by atoms with van der Waals surface area (Å²) in [5.74, 6) is -1.66. The Morgan fingerprint density at radius 1 is 1.24 bits per heavy atom. The summed E-state index contributed by atoms with van der Waals surface area (Å²) in [4.78, 5) is 15.2. The molecule has 0 fully saturated rings. The Morgan fingerprint density at radius 2 is 1.95 bits per heavy atom. The standard InChI is InChI=1S/C16H20FNO2S/c1-2-3-4-5-6-7-8-14-18-15-12(17)9-11(16(19)20)10-13(15)21-14/h9-10H,2-8H2,1H3,(H,19,20). The smallest absolute Gasteiger partial charge is 0.335 e. The molecule has 0 spiro atoms. The van der Waals surface area contributed by atoms with Gasteiger partial charge < -0.3 is 5.11 Å². The van der Waals surface area contributed by atoms with Crippen LogP contribution in [0.1, 0.15) is 60.8 Å². The van der Waals surface area contributed by atoms with Crippen LogP contribution in [0.25, 0.3) is 10.2 Å². The molecule has 0 atom stereocenters. The van der Waals surface area contributed by atoms with E-state index in [4.69, 9.17) is 5.11 Å². The van der Waals surface area contributed by atoms with Crippen LogP contribution >= 0.6 is 11.3 Å². The van der Waals surface area contributed by atoms with E-state index >= 15 is 0 Å². The molecular formula is C16H20FNO2S. The lowest BCUT2D eigenvalue weighted by atomic mass is 10.1. The zero-order valence-electron chi connectivity index (χ0n) is 12.2. The number of aromatic nitrogens is 1. The third kappa shape index (κ3) is 4.24. The number of aryl methyl sites for hydroxylation is 1. The molecule has 1 N–H and O–H groups in total. The monoisotopic (exact) mass is 309 g/mol. The van der Waals surface area contributed by atoms with E-state index in [0.717, 1.165) is 23.9 Å². The van der Waals surface area contributed by atoms with Crippen molar-refractivity contribution in [2.75, 3.05) is 0 Å². The predicted molar refractivity (Wildman–Crippen MR) is 83.6 cm³/mol. The first kappa shape index (κ1) is 15.9. The number of hydrogen-bond acceptors (Lipinski definition) is 3. The van der Waals surface area contributed by atoms with Crippen molar-refractivity contribution < 1.29 is 14.3 Å². The Hall–Kier alpha value is -1.49. The SMILES string of the molecule is CCCCCCCCc1nc2c(F)cc(C(=O)O)cc2s1. The maximum absolute atomic E-state index is 13.8. The van der Waals surface area contributed by atoms with Crippen molar-refractivity contribution in [2.45, 2.75) is 51.9 Å². The number of halogens is 1. The number of carbonyl (C=O) groups is 1. The zero-order chi connectivity index (χ0) is 15.2. The van der Waals surface area contributed by atoms with Gasteiger partial charge in [0.15, 0.2) is 5.82 Å². The van der Waals surface area contributed by atoms with Gasteiger partial charge in [-0.3, -0.25) is 0 Å². The van der Waals surface area contributed by atoms with Crippen molar-refractivity contribution in [1.82, 2.24) is 4.98 Å². The summed E-state index contributed by atoms with van der Waals surface area (Å²) >= 11 is 1.40. The number of carboxylic acid groups (broad SMARTS) is 1. The van der Waals surface area contributed by atoms with Crippen molar-refractivity contribution in [3.63, 3.8) is 0 Å². The van der Waals surface area contributed by atoms with Gasteiger partial charge in [0, 0.05) is 0 Å². The fourth-order valence-electron chi connectivity index (χ4n) is 2.32. The van der Waals surface area contributed by atoms with Gasteiger partial charge in [0.05, 0.1) is 15.3 Å². The molecule has 0 radical (unpaired) electrons. The maximum atomic E-state index is 13.8. The molecule has 0 unspecified atom stereocenters. The highest BCUT2D eigenvalue weighted by atomic mass is 32.1. The predicted octanol–water partition coefficient (Wildman–Crippen LogP) is 5.04. The lowest BCUT2D eigenvalue weighted by molar-refractivity contribution is 0.0696. The van der Waals surface area contributed by atoms with Crippen LogP contribution in [0, 0.1) is 5.82 Å². The minimum Gasteiger partial charge on any atom is -0.478 e. The summed E-state index contributed by atoms with van der Waals surface area (Å²) in [6, 6.07) is 2.54. The number of thiazole rings is 1. The highest BCUT2D eigenvalue weighted by Crippen LogP contribution is 2.27. The molecule has 0 aliphatic rings. The van der Waals surface area contributed by atoms with Crippen LogP contribution in [0.3, 0.4) is 0 Å². The molecule has 0 saturated heterocycles. The molecule has 0 saturated carbocycles. The summed E-state index contributed by atoms with van der Waals surface area (Å²) < 4.78 is 14.4. The Bertz CT molecular complexity index is 624. The van der Waals surface area contributed by atoms with E-state index in [1.165, 1.54) is 49.5 Å². The first-order valence-electron chi connectivity index (χ1n) is 7.44. The molecule has 0 amide bonds. The average molecular weight is 309 g/mol. The van der Waals surface area contributed by atoms with Gasteiger partial charge in [-0.15, -0.1) is 11.3 Å². The molecule has 2 aromatic rings. The zero-order valence-corrected chi connectivity index (χ0v) is 13.0. The van der Waals surface area contributed by atoms with Gasteiger partial charge in [0.25, 0.3) is 0 Å². The third-order valence-electron chi connectivity index (χ3n) is 3.48. The second-order valence-corrected chi connectivity index (χ2v) is 6.35. The second-order valence-electron chi connectivity index (χ2n) is 5.24. The maximum Gasteiger partial charge on any atom is 0.335 e. The number of rotatable bonds is 8. The molecular weight excluding hydrogens is 289 g/mol.